The number of carbonyl (C=O) groups is 1. The van der Waals surface area contributed by atoms with Gasteiger partial charge in [0, 0.05) is 60.8 Å². The van der Waals surface area contributed by atoms with Crippen molar-refractivity contribution in [1.82, 2.24) is 15.2 Å². The van der Waals surface area contributed by atoms with Crippen molar-refractivity contribution >= 4 is 11.8 Å². The number of hydrogen-bond acceptors (Lipinski definition) is 7. The lowest BCUT2D eigenvalue weighted by Crippen LogP contribution is -2.46. The molecule has 1 fully saturated rings. The monoisotopic (exact) mass is 556 g/mol. The average Bonchev–Trinajstić information content (AvgIpc) is 2.88. The third-order valence-corrected chi connectivity index (χ3v) is 7.88. The van der Waals surface area contributed by atoms with Crippen LogP contribution >= 0.6 is 0 Å². The number of aliphatic hydroxyl groups excluding tert-OH is 1. The smallest absolute Gasteiger partial charge is 0.410 e. The molecule has 0 radical (unpaired) electrons. The number of amides is 1. The quantitative estimate of drug-likeness (QED) is 0.369. The van der Waals surface area contributed by atoms with E-state index in [0.29, 0.717) is 22.9 Å². The highest BCUT2D eigenvalue weighted by molar-refractivity contribution is 5.68. The molecule has 222 valence electrons. The molecule has 1 saturated carbocycles. The molecule has 3 N–H and O–H groups in total. The first-order chi connectivity index (χ1) is 18.7. The molecule has 9 nitrogen and oxygen atoms in total. The van der Waals surface area contributed by atoms with Crippen LogP contribution in [0.4, 0.5) is 10.5 Å². The number of H-pyrrole nitrogens is 1. The van der Waals surface area contributed by atoms with E-state index in [1.165, 1.54) is 0 Å². The van der Waals surface area contributed by atoms with E-state index in [0.717, 1.165) is 54.7 Å². The zero-order valence-electron chi connectivity index (χ0n) is 25.7. The number of aromatic nitrogens is 1. The molecule has 0 spiro atoms. The van der Waals surface area contributed by atoms with Crippen LogP contribution in [0.25, 0.3) is 0 Å². The normalized spacial score (nSPS) is 18.2. The Kier molecular flexibility index (Phi) is 10.3. The summed E-state index contributed by atoms with van der Waals surface area (Å²) in [5, 5.41) is 14.3. The fraction of sp³-hybridized carbons (Fsp3) is 0.613. The molecule has 9 heteroatoms. The van der Waals surface area contributed by atoms with Gasteiger partial charge in [0.2, 0.25) is 0 Å². The second-order valence-corrected chi connectivity index (χ2v) is 11.9. The predicted molar refractivity (Wildman–Crippen MR) is 159 cm³/mol. The first-order valence-corrected chi connectivity index (χ1v) is 14.3. The Hall–Kier alpha value is -3.04. The molecule has 1 amide bonds. The first-order valence-electron chi connectivity index (χ1n) is 14.3. The molecular weight excluding hydrogens is 508 g/mol. The van der Waals surface area contributed by atoms with Gasteiger partial charge in [-0.3, -0.25) is 10.1 Å². The van der Waals surface area contributed by atoms with E-state index >= 15 is 0 Å². The Morgan fingerprint density at radius 3 is 2.30 bits per heavy atom. The van der Waals surface area contributed by atoms with Crippen molar-refractivity contribution in [3.8, 4) is 5.75 Å². The van der Waals surface area contributed by atoms with Crippen LogP contribution in [0, 0.1) is 20.8 Å². The van der Waals surface area contributed by atoms with E-state index in [4.69, 9.17) is 9.47 Å². The number of aryl methyl sites for hydroxylation is 2. The first kappa shape index (κ1) is 31.5. The van der Waals surface area contributed by atoms with Crippen LogP contribution in [-0.4, -0.2) is 59.5 Å². The molecule has 0 saturated heterocycles. The number of rotatable bonds is 9. The number of methoxy groups -OCH3 is 1. The summed E-state index contributed by atoms with van der Waals surface area (Å²) in [4.78, 5) is 32.0. The van der Waals surface area contributed by atoms with Gasteiger partial charge in [0.15, 0.2) is 0 Å². The van der Waals surface area contributed by atoms with Crippen LogP contribution in [0.2, 0.25) is 0 Å². The highest BCUT2D eigenvalue weighted by Gasteiger charge is 2.32. The number of nitrogens with one attached hydrogen (secondary N) is 2. The lowest BCUT2D eigenvalue weighted by Gasteiger charge is -2.41. The molecule has 2 aromatic rings. The van der Waals surface area contributed by atoms with Gasteiger partial charge < -0.3 is 29.4 Å². The SMILES string of the molecule is CCN(c1cc(OC)cc(C(O)NCc2c(C)cc(C)[nH]c2=O)c1C)[C@H]1CC[C@H](N(C)C(=O)OC(C)(C)C)CC1. The van der Waals surface area contributed by atoms with E-state index < -0.39 is 11.8 Å². The number of aliphatic hydroxyl groups is 1. The number of aromatic amines is 1. The van der Waals surface area contributed by atoms with Crippen molar-refractivity contribution in [2.75, 3.05) is 25.6 Å². The maximum Gasteiger partial charge on any atom is 0.410 e. The summed E-state index contributed by atoms with van der Waals surface area (Å²) in [7, 11) is 3.46. The highest BCUT2D eigenvalue weighted by atomic mass is 16.6. The topological polar surface area (TPSA) is 107 Å². The van der Waals surface area contributed by atoms with E-state index in [-0.39, 0.29) is 24.2 Å². The van der Waals surface area contributed by atoms with Gasteiger partial charge in [0.25, 0.3) is 5.56 Å². The fourth-order valence-corrected chi connectivity index (χ4v) is 5.67. The van der Waals surface area contributed by atoms with Crippen LogP contribution in [0.5, 0.6) is 5.75 Å². The van der Waals surface area contributed by atoms with Gasteiger partial charge in [0.05, 0.1) is 7.11 Å². The van der Waals surface area contributed by atoms with Gasteiger partial charge >= 0.3 is 6.09 Å². The number of pyridine rings is 1. The van der Waals surface area contributed by atoms with Crippen molar-refractivity contribution in [1.29, 1.82) is 0 Å². The Morgan fingerprint density at radius 2 is 1.75 bits per heavy atom. The highest BCUT2D eigenvalue weighted by Crippen LogP contribution is 2.36. The maximum atomic E-state index is 12.6. The molecule has 1 aliphatic rings. The van der Waals surface area contributed by atoms with Crippen LogP contribution in [0.3, 0.4) is 0 Å². The minimum Gasteiger partial charge on any atom is -0.497 e. The van der Waals surface area contributed by atoms with Crippen molar-refractivity contribution in [2.24, 2.45) is 0 Å². The van der Waals surface area contributed by atoms with Crippen molar-refractivity contribution < 1.29 is 19.4 Å². The molecule has 0 aliphatic heterocycles. The number of anilines is 1. The Labute approximate surface area is 238 Å². The van der Waals surface area contributed by atoms with Gasteiger partial charge in [0.1, 0.15) is 17.6 Å². The van der Waals surface area contributed by atoms with Crippen LogP contribution in [0.1, 0.15) is 87.6 Å². The minimum atomic E-state index is -0.981. The summed E-state index contributed by atoms with van der Waals surface area (Å²) in [6.07, 6.45) is 2.40. The molecule has 1 aliphatic carbocycles. The largest absolute Gasteiger partial charge is 0.497 e. The van der Waals surface area contributed by atoms with Gasteiger partial charge in [-0.15, -0.1) is 0 Å². The zero-order chi connectivity index (χ0) is 29.8. The van der Waals surface area contributed by atoms with Gasteiger partial charge in [-0.2, -0.15) is 0 Å². The third-order valence-electron chi connectivity index (χ3n) is 7.88. The zero-order valence-corrected chi connectivity index (χ0v) is 25.7. The molecule has 1 aromatic heterocycles. The van der Waals surface area contributed by atoms with E-state index in [1.807, 2.05) is 66.8 Å². The molecule has 0 bridgehead atoms. The number of carbonyl (C=O) groups excluding carboxylic acids is 1. The molecule has 1 unspecified atom stereocenters. The minimum absolute atomic E-state index is 0.145. The Bertz CT molecular complexity index is 1230. The second kappa shape index (κ2) is 13.1. The average molecular weight is 557 g/mol. The number of ether oxygens (including phenoxy) is 2. The molecular formula is C31H48N4O5. The molecule has 1 heterocycles. The summed E-state index contributed by atoms with van der Waals surface area (Å²) in [5.74, 6) is 0.664. The standard InChI is InChI=1S/C31H48N4O5/c1-10-35(23-13-11-22(12-14-23)34(8)30(38)40-31(5,6)7)27-17-24(39-9)16-25(21(27)4)28(36)32-18-26-19(2)15-20(3)33-29(26)37/h15-17,22-23,28,32,36H,10-14,18H2,1-9H3,(H,33,37)/t22-,23-,28?. The fourth-order valence-electron chi connectivity index (χ4n) is 5.67. The van der Waals surface area contributed by atoms with E-state index in [9.17, 15) is 14.7 Å². The Balaban J connectivity index is 1.77. The van der Waals surface area contributed by atoms with Crippen molar-refractivity contribution in [3.63, 3.8) is 0 Å². The summed E-state index contributed by atoms with van der Waals surface area (Å²) < 4.78 is 11.2. The molecule has 1 atom stereocenters. The van der Waals surface area contributed by atoms with Crippen molar-refractivity contribution in [2.45, 2.75) is 105 Å². The van der Waals surface area contributed by atoms with Crippen LogP contribution in [-0.2, 0) is 11.3 Å². The number of hydrogen-bond donors (Lipinski definition) is 3. The molecule has 3 rings (SSSR count). The van der Waals surface area contributed by atoms with E-state index in [1.54, 1.807) is 12.0 Å². The van der Waals surface area contributed by atoms with Crippen LogP contribution in [0.15, 0.2) is 23.0 Å². The predicted octanol–water partition coefficient (Wildman–Crippen LogP) is 5.09. The maximum absolute atomic E-state index is 12.6. The third kappa shape index (κ3) is 7.57. The lowest BCUT2D eigenvalue weighted by molar-refractivity contribution is 0.0183. The summed E-state index contributed by atoms with van der Waals surface area (Å²) >= 11 is 0. The summed E-state index contributed by atoms with van der Waals surface area (Å²) in [6.45, 7) is 14.6. The van der Waals surface area contributed by atoms with Gasteiger partial charge in [-0.25, -0.2) is 4.79 Å². The number of benzene rings is 1. The summed E-state index contributed by atoms with van der Waals surface area (Å²) in [5.41, 5.74) is 4.33. The van der Waals surface area contributed by atoms with Gasteiger partial charge in [-0.05, 0) is 97.4 Å². The Morgan fingerprint density at radius 1 is 1.12 bits per heavy atom. The number of nitrogens with zero attached hydrogens (tertiary/aromatic N) is 2. The van der Waals surface area contributed by atoms with E-state index in [2.05, 4.69) is 22.1 Å². The summed E-state index contributed by atoms with van der Waals surface area (Å²) in [6, 6.07) is 6.25. The second-order valence-electron chi connectivity index (χ2n) is 11.9. The van der Waals surface area contributed by atoms with Crippen molar-refractivity contribution in [3.05, 3.63) is 56.5 Å². The van der Waals surface area contributed by atoms with Gasteiger partial charge in [-0.1, -0.05) is 0 Å². The van der Waals surface area contributed by atoms with Crippen LogP contribution < -0.4 is 20.5 Å². The molecule has 40 heavy (non-hydrogen) atoms. The lowest BCUT2D eigenvalue weighted by atomic mass is 9.88. The molecule has 1 aromatic carbocycles.